The van der Waals surface area contributed by atoms with Gasteiger partial charge in [0.15, 0.2) is 5.96 Å². The fourth-order valence-corrected chi connectivity index (χ4v) is 2.00. The highest BCUT2D eigenvalue weighted by Gasteiger charge is 2.10. The molecule has 0 spiro atoms. The van der Waals surface area contributed by atoms with Crippen LogP contribution in [0.2, 0.25) is 0 Å². The molecule has 2 N–H and O–H groups in total. The monoisotopic (exact) mass is 432 g/mol. The lowest BCUT2D eigenvalue weighted by Gasteiger charge is -2.18. The van der Waals surface area contributed by atoms with Crippen LogP contribution in [0.1, 0.15) is 29.9 Å². The zero-order valence-corrected chi connectivity index (χ0v) is 16.0. The number of aryl methyl sites for hydroxylation is 2. The van der Waals surface area contributed by atoms with Crippen LogP contribution in [-0.4, -0.2) is 27.8 Å². The van der Waals surface area contributed by atoms with E-state index in [1.165, 1.54) is 6.33 Å². The van der Waals surface area contributed by atoms with E-state index >= 15 is 0 Å². The van der Waals surface area contributed by atoms with Gasteiger partial charge in [0.2, 0.25) is 0 Å². The summed E-state index contributed by atoms with van der Waals surface area (Å²) in [4.78, 5) is 8.30. The number of aromatic nitrogens is 3. The van der Waals surface area contributed by atoms with E-state index in [0.29, 0.717) is 18.1 Å². The molecule has 2 rings (SSSR count). The van der Waals surface area contributed by atoms with Crippen molar-refractivity contribution in [2.45, 2.75) is 26.4 Å². The van der Waals surface area contributed by atoms with Gasteiger partial charge < -0.3 is 10.6 Å². The van der Waals surface area contributed by atoms with Crippen molar-refractivity contribution in [3.05, 3.63) is 47.3 Å². The third-order valence-electron chi connectivity index (χ3n) is 3.49. The molecule has 0 aliphatic heterocycles. The van der Waals surface area contributed by atoms with Crippen molar-refractivity contribution in [1.29, 1.82) is 0 Å². The molecule has 1 unspecified atom stereocenters. The first-order valence-corrected chi connectivity index (χ1v) is 7.07. The predicted octanol–water partition coefficient (Wildman–Crippen LogP) is 2.31. The third-order valence-corrected chi connectivity index (χ3v) is 3.49. The van der Waals surface area contributed by atoms with Crippen LogP contribution < -0.4 is 10.6 Å². The summed E-state index contributed by atoms with van der Waals surface area (Å²) in [5.41, 5.74) is 1.51. The van der Waals surface area contributed by atoms with Gasteiger partial charge in [-0.1, -0.05) is 12.1 Å². The number of benzene rings is 1. The SMILES string of the molecule is CN=C(NCc1ncnn1C)NC(C)c1ccc(C)c(F)c1.I. The van der Waals surface area contributed by atoms with Crippen molar-refractivity contribution >= 4 is 29.9 Å². The van der Waals surface area contributed by atoms with Crippen LogP contribution in [0.15, 0.2) is 29.5 Å². The normalized spacial score (nSPS) is 12.5. The van der Waals surface area contributed by atoms with Crippen LogP contribution in [0.5, 0.6) is 0 Å². The summed E-state index contributed by atoms with van der Waals surface area (Å²) in [5, 5.41) is 10.4. The van der Waals surface area contributed by atoms with Gasteiger partial charge in [0.05, 0.1) is 12.6 Å². The average Bonchev–Trinajstić information content (AvgIpc) is 2.91. The second-order valence-corrected chi connectivity index (χ2v) is 5.10. The van der Waals surface area contributed by atoms with Gasteiger partial charge in [0, 0.05) is 14.1 Å². The van der Waals surface area contributed by atoms with Gasteiger partial charge in [0.1, 0.15) is 18.0 Å². The standard InChI is InChI=1S/C15H21FN6.HI/c1-10-5-6-12(7-13(10)16)11(2)21-15(17-3)18-8-14-19-9-20-22(14)4;/h5-7,9,11H,8H2,1-4H3,(H2,17,18,21);1H. The minimum atomic E-state index is -0.201. The Bertz CT molecular complexity index is 670. The predicted molar refractivity (Wildman–Crippen MR) is 99.3 cm³/mol. The molecule has 0 saturated carbocycles. The van der Waals surface area contributed by atoms with Crippen molar-refractivity contribution in [1.82, 2.24) is 25.4 Å². The molecule has 0 radical (unpaired) electrons. The van der Waals surface area contributed by atoms with Gasteiger partial charge in [-0.3, -0.25) is 9.67 Å². The molecule has 126 valence electrons. The van der Waals surface area contributed by atoms with Crippen LogP contribution >= 0.6 is 24.0 Å². The first-order valence-electron chi connectivity index (χ1n) is 7.07. The second kappa shape index (κ2) is 8.80. The number of hydrogen-bond donors (Lipinski definition) is 2. The molecule has 8 heteroatoms. The van der Waals surface area contributed by atoms with Crippen LogP contribution in [-0.2, 0) is 13.6 Å². The first-order chi connectivity index (χ1) is 10.5. The lowest BCUT2D eigenvalue weighted by Crippen LogP contribution is -2.38. The lowest BCUT2D eigenvalue weighted by molar-refractivity contribution is 0.606. The van der Waals surface area contributed by atoms with E-state index < -0.39 is 0 Å². The molecule has 0 amide bonds. The number of hydrogen-bond acceptors (Lipinski definition) is 3. The van der Waals surface area contributed by atoms with Gasteiger partial charge in [-0.15, -0.1) is 24.0 Å². The van der Waals surface area contributed by atoms with Gasteiger partial charge in [-0.25, -0.2) is 9.37 Å². The molecule has 23 heavy (non-hydrogen) atoms. The Hall–Kier alpha value is -1.71. The molecule has 1 aromatic heterocycles. The summed E-state index contributed by atoms with van der Waals surface area (Å²) in [5.74, 6) is 1.22. The van der Waals surface area contributed by atoms with E-state index in [4.69, 9.17) is 0 Å². The third kappa shape index (κ3) is 5.15. The van der Waals surface area contributed by atoms with E-state index in [0.717, 1.165) is 11.4 Å². The highest BCUT2D eigenvalue weighted by molar-refractivity contribution is 14.0. The maximum Gasteiger partial charge on any atom is 0.191 e. The van der Waals surface area contributed by atoms with E-state index in [9.17, 15) is 4.39 Å². The summed E-state index contributed by atoms with van der Waals surface area (Å²) in [7, 11) is 3.52. The first kappa shape index (κ1) is 19.3. The average molecular weight is 432 g/mol. The Morgan fingerprint density at radius 3 is 2.74 bits per heavy atom. The van der Waals surface area contributed by atoms with Crippen LogP contribution in [0.25, 0.3) is 0 Å². The minimum absolute atomic E-state index is 0. The quantitative estimate of drug-likeness (QED) is 0.442. The molecule has 1 atom stereocenters. The van der Waals surface area contributed by atoms with Crippen molar-refractivity contribution in [3.63, 3.8) is 0 Å². The van der Waals surface area contributed by atoms with Crippen LogP contribution in [0, 0.1) is 12.7 Å². The highest BCUT2D eigenvalue weighted by Crippen LogP contribution is 2.16. The Morgan fingerprint density at radius 2 is 2.17 bits per heavy atom. The summed E-state index contributed by atoms with van der Waals surface area (Å²) in [6, 6.07) is 5.16. The molecule has 1 aromatic carbocycles. The van der Waals surface area contributed by atoms with Crippen molar-refractivity contribution in [2.75, 3.05) is 7.05 Å². The van der Waals surface area contributed by atoms with Gasteiger partial charge in [-0.2, -0.15) is 5.10 Å². The van der Waals surface area contributed by atoms with E-state index in [2.05, 4.69) is 25.7 Å². The summed E-state index contributed by atoms with van der Waals surface area (Å²) >= 11 is 0. The summed E-state index contributed by atoms with van der Waals surface area (Å²) < 4.78 is 15.3. The maximum atomic E-state index is 13.6. The number of guanidine groups is 1. The number of aliphatic imine (C=N–C) groups is 1. The topological polar surface area (TPSA) is 67.1 Å². The Morgan fingerprint density at radius 1 is 1.43 bits per heavy atom. The fraction of sp³-hybridized carbons (Fsp3) is 0.400. The molecule has 0 aliphatic rings. The molecular weight excluding hydrogens is 410 g/mol. The number of nitrogens with one attached hydrogen (secondary N) is 2. The minimum Gasteiger partial charge on any atom is -0.350 e. The Labute approximate surface area is 152 Å². The molecule has 0 aliphatic carbocycles. The molecule has 6 nitrogen and oxygen atoms in total. The van der Waals surface area contributed by atoms with Crippen LogP contribution in [0.4, 0.5) is 4.39 Å². The molecule has 0 bridgehead atoms. The molecular formula is C15H22FIN6. The Balaban J connectivity index is 0.00000264. The summed E-state index contributed by atoms with van der Waals surface area (Å²) in [6.07, 6.45) is 1.50. The largest absolute Gasteiger partial charge is 0.350 e. The van der Waals surface area contributed by atoms with E-state index in [1.54, 1.807) is 30.8 Å². The summed E-state index contributed by atoms with van der Waals surface area (Å²) in [6.45, 7) is 4.21. The number of nitrogens with zero attached hydrogens (tertiary/aromatic N) is 4. The van der Waals surface area contributed by atoms with Crippen LogP contribution in [0.3, 0.4) is 0 Å². The maximum absolute atomic E-state index is 13.6. The van der Waals surface area contributed by atoms with Gasteiger partial charge in [-0.05, 0) is 31.0 Å². The smallest absolute Gasteiger partial charge is 0.191 e. The van der Waals surface area contributed by atoms with Gasteiger partial charge in [0.25, 0.3) is 0 Å². The van der Waals surface area contributed by atoms with Gasteiger partial charge >= 0.3 is 0 Å². The second-order valence-electron chi connectivity index (χ2n) is 5.10. The highest BCUT2D eigenvalue weighted by atomic mass is 127. The molecule has 1 heterocycles. The van der Waals surface area contributed by atoms with E-state index in [1.807, 2.05) is 20.0 Å². The number of halogens is 2. The molecule has 2 aromatic rings. The van der Waals surface area contributed by atoms with E-state index in [-0.39, 0.29) is 35.8 Å². The fourth-order valence-electron chi connectivity index (χ4n) is 2.00. The van der Waals surface area contributed by atoms with Crippen molar-refractivity contribution in [2.24, 2.45) is 12.0 Å². The number of rotatable bonds is 4. The van der Waals surface area contributed by atoms with Crippen molar-refractivity contribution in [3.8, 4) is 0 Å². The Kier molecular flexibility index (Phi) is 7.40. The molecule has 0 saturated heterocycles. The van der Waals surface area contributed by atoms with Crippen molar-refractivity contribution < 1.29 is 4.39 Å². The zero-order valence-electron chi connectivity index (χ0n) is 13.7. The zero-order chi connectivity index (χ0) is 16.1. The lowest BCUT2D eigenvalue weighted by atomic mass is 10.1. The molecule has 0 fully saturated rings.